The molecular weight excluding hydrogens is 312 g/mol. The van der Waals surface area contributed by atoms with Gasteiger partial charge in [0.1, 0.15) is 16.0 Å². The van der Waals surface area contributed by atoms with Gasteiger partial charge in [-0.3, -0.25) is 4.79 Å². The molecule has 1 aliphatic rings. The molecule has 0 radical (unpaired) electrons. The normalized spacial score (nSPS) is 22.3. The van der Waals surface area contributed by atoms with Crippen molar-refractivity contribution in [3.63, 3.8) is 0 Å². The van der Waals surface area contributed by atoms with Gasteiger partial charge in [-0.25, -0.2) is 0 Å². The molecule has 1 aliphatic carbocycles. The Balaban J connectivity index is 2.44. The molecule has 1 N–H and O–H groups in total. The number of carbonyl (C=O) groups is 1. The van der Waals surface area contributed by atoms with Crippen molar-refractivity contribution in [1.29, 1.82) is 0 Å². The first-order valence-corrected chi connectivity index (χ1v) is 7.02. The van der Waals surface area contributed by atoms with Crippen molar-refractivity contribution < 1.29 is 19.4 Å². The summed E-state index contributed by atoms with van der Waals surface area (Å²) in [5.41, 5.74) is 0.945. The van der Waals surface area contributed by atoms with Crippen molar-refractivity contribution in [3.8, 4) is 11.5 Å². The quantitative estimate of drug-likeness (QED) is 0.919. The fourth-order valence-corrected chi connectivity index (χ4v) is 3.52. The molecule has 2 rings (SSSR count). The predicted molar refractivity (Wildman–Crippen MR) is 75.0 cm³/mol. The summed E-state index contributed by atoms with van der Waals surface area (Å²) >= 11 is 3.46. The Morgan fingerprint density at radius 1 is 1.32 bits per heavy atom. The Hall–Kier alpha value is -1.23. The van der Waals surface area contributed by atoms with Gasteiger partial charge in [0.15, 0.2) is 0 Å². The smallest absolute Gasteiger partial charge is 0.307 e. The Morgan fingerprint density at radius 2 is 2.05 bits per heavy atom. The second kappa shape index (κ2) is 5.82. The highest BCUT2D eigenvalue weighted by molar-refractivity contribution is 9.10. The average molecular weight is 329 g/mol. The van der Waals surface area contributed by atoms with Crippen LogP contribution in [0.25, 0.3) is 0 Å². The number of carboxylic acid groups (broad SMARTS) is 1. The van der Waals surface area contributed by atoms with Gasteiger partial charge in [0, 0.05) is 5.92 Å². The summed E-state index contributed by atoms with van der Waals surface area (Å²) in [4.78, 5) is 11.3. The number of aliphatic carboxylic acids is 1. The van der Waals surface area contributed by atoms with Crippen LogP contribution < -0.4 is 9.47 Å². The van der Waals surface area contributed by atoms with Crippen LogP contribution in [0.1, 0.15) is 30.7 Å². The molecule has 0 spiro atoms. The van der Waals surface area contributed by atoms with Crippen LogP contribution in [0.5, 0.6) is 11.5 Å². The van der Waals surface area contributed by atoms with Crippen LogP contribution in [0.15, 0.2) is 16.6 Å². The molecule has 104 valence electrons. The van der Waals surface area contributed by atoms with Gasteiger partial charge < -0.3 is 14.6 Å². The molecule has 19 heavy (non-hydrogen) atoms. The second-order valence-corrected chi connectivity index (χ2v) is 5.48. The van der Waals surface area contributed by atoms with Crippen LogP contribution in [0.2, 0.25) is 0 Å². The molecule has 0 saturated heterocycles. The van der Waals surface area contributed by atoms with Crippen molar-refractivity contribution in [2.75, 3.05) is 14.2 Å². The second-order valence-electron chi connectivity index (χ2n) is 4.69. The molecule has 2 atom stereocenters. The number of halogens is 1. The molecule has 1 fully saturated rings. The van der Waals surface area contributed by atoms with Crippen LogP contribution in [-0.2, 0) is 4.79 Å². The summed E-state index contributed by atoms with van der Waals surface area (Å²) in [6, 6.07) is 3.76. The van der Waals surface area contributed by atoms with E-state index in [1.165, 1.54) is 0 Å². The number of hydrogen-bond acceptors (Lipinski definition) is 3. The Bertz CT molecular complexity index is 487. The largest absolute Gasteiger partial charge is 0.495 e. The molecular formula is C14H17BrO4. The van der Waals surface area contributed by atoms with Gasteiger partial charge in [0.25, 0.3) is 0 Å². The third-order valence-electron chi connectivity index (χ3n) is 3.75. The van der Waals surface area contributed by atoms with E-state index >= 15 is 0 Å². The molecule has 1 aromatic rings. The van der Waals surface area contributed by atoms with Gasteiger partial charge in [-0.1, -0.05) is 12.5 Å². The molecule has 0 amide bonds. The summed E-state index contributed by atoms with van der Waals surface area (Å²) in [6.07, 6.45) is 2.55. The molecule has 1 saturated carbocycles. The van der Waals surface area contributed by atoms with Crippen LogP contribution in [0.3, 0.4) is 0 Å². The maximum Gasteiger partial charge on any atom is 0.307 e. The maximum atomic E-state index is 11.3. The Kier molecular flexibility index (Phi) is 4.34. The highest BCUT2D eigenvalue weighted by Crippen LogP contribution is 2.47. The lowest BCUT2D eigenvalue weighted by molar-refractivity contribution is -0.142. The molecule has 2 unspecified atom stereocenters. The molecule has 0 aliphatic heterocycles. The number of ether oxygens (including phenoxy) is 2. The average Bonchev–Trinajstić information content (AvgIpc) is 2.87. The number of rotatable bonds is 4. The first-order chi connectivity index (χ1) is 9.10. The van der Waals surface area contributed by atoms with E-state index in [0.29, 0.717) is 11.5 Å². The summed E-state index contributed by atoms with van der Waals surface area (Å²) in [7, 11) is 3.18. The monoisotopic (exact) mass is 328 g/mol. The van der Waals surface area contributed by atoms with E-state index in [-0.39, 0.29) is 11.8 Å². The first-order valence-electron chi connectivity index (χ1n) is 6.23. The SMILES string of the molecule is COc1ccc(C2CCCC2C(=O)O)c(OC)c1Br. The fourth-order valence-electron chi connectivity index (χ4n) is 2.84. The van der Waals surface area contributed by atoms with E-state index in [4.69, 9.17) is 9.47 Å². The number of carboxylic acids is 1. The van der Waals surface area contributed by atoms with Gasteiger partial charge in [0.2, 0.25) is 0 Å². The zero-order chi connectivity index (χ0) is 14.0. The van der Waals surface area contributed by atoms with Crippen molar-refractivity contribution in [1.82, 2.24) is 0 Å². The zero-order valence-electron chi connectivity index (χ0n) is 11.0. The van der Waals surface area contributed by atoms with E-state index in [9.17, 15) is 9.90 Å². The molecule has 5 heteroatoms. The van der Waals surface area contributed by atoms with E-state index in [2.05, 4.69) is 15.9 Å². The predicted octanol–water partition coefficient (Wildman–Crippen LogP) is 3.43. The van der Waals surface area contributed by atoms with Gasteiger partial charge in [-0.2, -0.15) is 0 Å². The van der Waals surface area contributed by atoms with Crippen molar-refractivity contribution in [2.24, 2.45) is 5.92 Å². The Labute approximate surface area is 120 Å². The van der Waals surface area contributed by atoms with Gasteiger partial charge in [-0.15, -0.1) is 0 Å². The van der Waals surface area contributed by atoms with Gasteiger partial charge in [0.05, 0.1) is 20.1 Å². The maximum absolute atomic E-state index is 11.3. The minimum atomic E-state index is -0.725. The van der Waals surface area contributed by atoms with Crippen molar-refractivity contribution >= 4 is 21.9 Å². The zero-order valence-corrected chi connectivity index (χ0v) is 12.6. The molecule has 0 aromatic heterocycles. The Morgan fingerprint density at radius 3 is 2.63 bits per heavy atom. The molecule has 1 aromatic carbocycles. The van der Waals surface area contributed by atoms with Crippen molar-refractivity contribution in [2.45, 2.75) is 25.2 Å². The van der Waals surface area contributed by atoms with E-state index in [1.54, 1.807) is 14.2 Å². The van der Waals surface area contributed by atoms with Crippen LogP contribution in [0, 0.1) is 5.92 Å². The summed E-state index contributed by atoms with van der Waals surface area (Å²) in [6.45, 7) is 0. The number of hydrogen-bond donors (Lipinski definition) is 1. The van der Waals surface area contributed by atoms with E-state index in [1.807, 2.05) is 12.1 Å². The summed E-state index contributed by atoms with van der Waals surface area (Å²) in [5.74, 6) is 0.323. The lowest BCUT2D eigenvalue weighted by Gasteiger charge is -2.21. The standard InChI is InChI=1S/C14H17BrO4/c1-18-11-7-6-9(13(19-2)12(11)15)8-4-3-5-10(8)14(16)17/h6-8,10H,3-5H2,1-2H3,(H,16,17). The highest BCUT2D eigenvalue weighted by atomic mass is 79.9. The van der Waals surface area contributed by atoms with Crippen molar-refractivity contribution in [3.05, 3.63) is 22.2 Å². The number of methoxy groups -OCH3 is 2. The minimum absolute atomic E-state index is 0.00894. The molecule has 0 bridgehead atoms. The van der Waals surface area contributed by atoms with E-state index in [0.717, 1.165) is 29.3 Å². The molecule has 0 heterocycles. The third kappa shape index (κ3) is 2.56. The molecule has 4 nitrogen and oxygen atoms in total. The highest BCUT2D eigenvalue weighted by Gasteiger charge is 2.36. The van der Waals surface area contributed by atoms with Crippen LogP contribution >= 0.6 is 15.9 Å². The summed E-state index contributed by atoms with van der Waals surface area (Å²) in [5, 5.41) is 9.30. The van der Waals surface area contributed by atoms with E-state index < -0.39 is 5.97 Å². The third-order valence-corrected chi connectivity index (χ3v) is 4.50. The minimum Gasteiger partial charge on any atom is -0.495 e. The lowest BCUT2D eigenvalue weighted by Crippen LogP contribution is -2.17. The number of benzene rings is 1. The topological polar surface area (TPSA) is 55.8 Å². The van der Waals surface area contributed by atoms with Crippen LogP contribution in [0.4, 0.5) is 0 Å². The van der Waals surface area contributed by atoms with Gasteiger partial charge in [-0.05, 0) is 40.4 Å². The lowest BCUT2D eigenvalue weighted by atomic mass is 9.88. The fraction of sp³-hybridized carbons (Fsp3) is 0.500. The van der Waals surface area contributed by atoms with Crippen LogP contribution in [-0.4, -0.2) is 25.3 Å². The first kappa shape index (κ1) is 14.2. The summed E-state index contributed by atoms with van der Waals surface area (Å²) < 4.78 is 11.4. The van der Waals surface area contributed by atoms with Gasteiger partial charge >= 0.3 is 5.97 Å².